The number of fused-ring (bicyclic) bond motifs is 8. The van der Waals surface area contributed by atoms with Gasteiger partial charge in [-0.15, -0.1) is 0 Å². The summed E-state index contributed by atoms with van der Waals surface area (Å²) in [5, 5.41) is 8.25. The second kappa shape index (κ2) is 7.31. The largest absolute Gasteiger partial charge is 0.282 e. The number of nitrogens with one attached hydrogen (secondary N) is 1. The molecule has 4 heteroatoms. The average Bonchev–Trinajstić information content (AvgIpc) is 3.24. The van der Waals surface area contributed by atoms with Crippen LogP contribution in [0.5, 0.6) is 0 Å². The maximum absolute atomic E-state index is 4.90. The number of nitrogens with zero attached hydrogens (tertiary/aromatic N) is 2. The van der Waals surface area contributed by atoms with Crippen molar-refractivity contribution in [3.63, 3.8) is 0 Å². The van der Waals surface area contributed by atoms with Crippen LogP contribution < -0.4 is 0 Å². The van der Waals surface area contributed by atoms with Crippen LogP contribution >= 0.6 is 11.9 Å². The van der Waals surface area contributed by atoms with Crippen molar-refractivity contribution in [1.82, 2.24) is 14.5 Å². The van der Waals surface area contributed by atoms with Crippen molar-refractivity contribution in [3.8, 4) is 0 Å². The normalized spacial score (nSPS) is 36.6. The number of hydrogen-bond donors (Lipinski definition) is 1. The molecular weight excluding hydrogens is 374 g/mol. The van der Waals surface area contributed by atoms with E-state index in [0.717, 1.165) is 0 Å². The minimum Gasteiger partial charge on any atom is -0.282 e. The molecule has 29 heavy (non-hydrogen) atoms. The third-order valence-electron chi connectivity index (χ3n) is 7.90. The summed E-state index contributed by atoms with van der Waals surface area (Å²) in [6.07, 6.45) is 24.7. The van der Waals surface area contributed by atoms with Crippen molar-refractivity contribution in [2.45, 2.75) is 76.8 Å². The van der Waals surface area contributed by atoms with Crippen molar-refractivity contribution >= 4 is 11.9 Å². The molecule has 0 aromatic carbocycles. The molecule has 2 bridgehead atoms. The number of hydrogen-bond acceptors (Lipinski definition) is 3. The molecule has 1 saturated heterocycles. The minimum absolute atomic E-state index is 0.00881. The van der Waals surface area contributed by atoms with Crippen molar-refractivity contribution < 1.29 is 0 Å². The Balaban J connectivity index is 1.60. The topological polar surface area (TPSA) is 31.9 Å². The van der Waals surface area contributed by atoms with Crippen LogP contribution in [0.25, 0.3) is 0 Å². The van der Waals surface area contributed by atoms with Crippen LogP contribution in [0.3, 0.4) is 0 Å². The van der Waals surface area contributed by atoms with Crippen molar-refractivity contribution in [2.75, 3.05) is 0 Å². The summed E-state index contributed by atoms with van der Waals surface area (Å²) in [6.45, 7) is 7.21. The van der Waals surface area contributed by atoms with E-state index in [1.165, 1.54) is 66.8 Å². The van der Waals surface area contributed by atoms with E-state index in [4.69, 9.17) is 5.10 Å². The predicted molar refractivity (Wildman–Crippen MR) is 122 cm³/mol. The molecule has 4 aliphatic rings. The third kappa shape index (κ3) is 2.79. The zero-order valence-electron chi connectivity index (χ0n) is 17.9. The van der Waals surface area contributed by atoms with Gasteiger partial charge in [0.1, 0.15) is 0 Å². The zero-order valence-corrected chi connectivity index (χ0v) is 18.8. The van der Waals surface area contributed by atoms with Gasteiger partial charge in [-0.1, -0.05) is 62.5 Å². The van der Waals surface area contributed by atoms with E-state index >= 15 is 0 Å². The molecule has 4 unspecified atom stereocenters. The van der Waals surface area contributed by atoms with Gasteiger partial charge in [0.2, 0.25) is 0 Å². The van der Waals surface area contributed by atoms with Gasteiger partial charge in [0.25, 0.3) is 0 Å². The zero-order chi connectivity index (χ0) is 20.1. The summed E-state index contributed by atoms with van der Waals surface area (Å²) < 4.78 is 2.75. The van der Waals surface area contributed by atoms with Crippen LogP contribution in [-0.2, 0) is 11.1 Å². The lowest BCUT2D eigenvalue weighted by atomic mass is 9.64. The second-order valence-corrected chi connectivity index (χ2v) is 10.5. The van der Waals surface area contributed by atoms with Gasteiger partial charge in [-0.2, -0.15) is 5.10 Å². The molecule has 1 N–H and O–H groups in total. The standard InChI is InChI=1S/C25H33N3S/c1-18-22-23(27-26-18)25(3)21-17-13-9-5-8-12-16-20(21)24(22,2)28(25)29-19-14-10-6-4-7-11-15-19/h4,6-7,10-11,14-15,20-21H,5,8-9,12-13,16-17H2,1-3H3,(H,26,27). The fraction of sp³-hybridized carbons (Fsp3) is 0.560. The fourth-order valence-electron chi connectivity index (χ4n) is 6.67. The summed E-state index contributed by atoms with van der Waals surface area (Å²) in [4.78, 5) is 1.31. The maximum Gasteiger partial charge on any atom is 0.0888 e. The maximum atomic E-state index is 4.90. The lowest BCUT2D eigenvalue weighted by Gasteiger charge is -2.38. The fourth-order valence-corrected chi connectivity index (χ4v) is 7.99. The van der Waals surface area contributed by atoms with Crippen LogP contribution in [0.15, 0.2) is 47.4 Å². The molecule has 1 aromatic heterocycles. The molecule has 3 heterocycles. The van der Waals surface area contributed by atoms with Crippen LogP contribution in [0.1, 0.15) is 75.7 Å². The van der Waals surface area contributed by atoms with Gasteiger partial charge < -0.3 is 0 Å². The molecule has 5 rings (SSSR count). The molecule has 0 amide bonds. The summed E-state index contributed by atoms with van der Waals surface area (Å²) in [7, 11) is 0. The first kappa shape index (κ1) is 19.4. The first-order valence-corrected chi connectivity index (χ1v) is 12.1. The van der Waals surface area contributed by atoms with E-state index in [9.17, 15) is 0 Å². The molecule has 2 aliphatic heterocycles. The molecule has 154 valence electrons. The van der Waals surface area contributed by atoms with E-state index in [-0.39, 0.29) is 11.1 Å². The Morgan fingerprint density at radius 3 is 2.38 bits per heavy atom. The summed E-state index contributed by atoms with van der Waals surface area (Å²) in [6, 6.07) is 0. The van der Waals surface area contributed by atoms with Crippen molar-refractivity contribution in [1.29, 1.82) is 0 Å². The molecule has 4 atom stereocenters. The molecule has 3 nitrogen and oxygen atoms in total. The Bertz CT molecular complexity index is 907. The molecule has 0 spiro atoms. The summed E-state index contributed by atoms with van der Waals surface area (Å²) >= 11 is 1.95. The SMILES string of the molecule is Cc1[nH]nc2c1C1(C)C3CCCCCCCC3C2(C)N1SC1=CC=CC=CC=C1. The first-order chi connectivity index (χ1) is 14.1. The smallest absolute Gasteiger partial charge is 0.0888 e. The number of H-pyrrole nitrogens is 1. The van der Waals surface area contributed by atoms with Gasteiger partial charge in [-0.05, 0) is 69.5 Å². The number of rotatable bonds is 2. The molecule has 1 saturated carbocycles. The average molecular weight is 408 g/mol. The molecule has 2 aliphatic carbocycles. The Morgan fingerprint density at radius 2 is 1.59 bits per heavy atom. The molecule has 0 radical (unpaired) electrons. The predicted octanol–water partition coefficient (Wildman–Crippen LogP) is 6.67. The Kier molecular flexibility index (Phi) is 4.90. The van der Waals surface area contributed by atoms with Gasteiger partial charge >= 0.3 is 0 Å². The molecule has 2 fully saturated rings. The monoisotopic (exact) mass is 407 g/mol. The van der Waals surface area contributed by atoms with Gasteiger partial charge in [-0.25, -0.2) is 4.31 Å². The Hall–Kier alpha value is -1.52. The van der Waals surface area contributed by atoms with Gasteiger partial charge in [0.05, 0.1) is 16.8 Å². The van der Waals surface area contributed by atoms with E-state index in [1.807, 2.05) is 11.9 Å². The summed E-state index contributed by atoms with van der Waals surface area (Å²) in [5.41, 5.74) is 4.10. The number of aromatic nitrogens is 2. The number of allylic oxidation sites excluding steroid dienone is 7. The van der Waals surface area contributed by atoms with Crippen molar-refractivity contribution in [2.24, 2.45) is 11.8 Å². The van der Waals surface area contributed by atoms with Crippen LogP contribution in [0.2, 0.25) is 0 Å². The minimum atomic E-state index is -0.00881. The highest BCUT2D eigenvalue weighted by Crippen LogP contribution is 2.70. The van der Waals surface area contributed by atoms with E-state index in [0.29, 0.717) is 11.8 Å². The van der Waals surface area contributed by atoms with Crippen molar-refractivity contribution in [3.05, 3.63) is 64.4 Å². The van der Waals surface area contributed by atoms with E-state index < -0.39 is 0 Å². The van der Waals surface area contributed by atoms with Crippen LogP contribution in [0, 0.1) is 18.8 Å². The van der Waals surface area contributed by atoms with Crippen LogP contribution in [-0.4, -0.2) is 14.5 Å². The Morgan fingerprint density at radius 1 is 0.931 bits per heavy atom. The second-order valence-electron chi connectivity index (χ2n) is 9.51. The summed E-state index contributed by atoms with van der Waals surface area (Å²) in [5.74, 6) is 1.39. The van der Waals surface area contributed by atoms with Gasteiger partial charge in [0, 0.05) is 16.2 Å². The van der Waals surface area contributed by atoms with Gasteiger partial charge in [0.15, 0.2) is 0 Å². The quantitative estimate of drug-likeness (QED) is 0.556. The van der Waals surface area contributed by atoms with E-state index in [2.05, 4.69) is 72.7 Å². The highest BCUT2D eigenvalue weighted by atomic mass is 32.2. The number of aromatic amines is 1. The highest BCUT2D eigenvalue weighted by Gasteiger charge is 2.71. The highest BCUT2D eigenvalue weighted by molar-refractivity contribution is 8.01. The van der Waals surface area contributed by atoms with Crippen LogP contribution in [0.4, 0.5) is 0 Å². The van der Waals surface area contributed by atoms with Gasteiger partial charge in [-0.3, -0.25) is 5.10 Å². The lowest BCUT2D eigenvalue weighted by Crippen LogP contribution is -2.38. The third-order valence-corrected chi connectivity index (χ3v) is 9.32. The first-order valence-electron chi connectivity index (χ1n) is 11.3. The Labute approximate surface area is 179 Å². The number of aryl methyl sites for hydroxylation is 1. The molecule has 1 aromatic rings. The molecular formula is C25H33N3S. The lowest BCUT2D eigenvalue weighted by molar-refractivity contribution is 0.184. The van der Waals surface area contributed by atoms with E-state index in [1.54, 1.807) is 0 Å².